The Kier molecular flexibility index (Phi) is 6.05. The number of hydrogen-bond acceptors (Lipinski definition) is 5. The van der Waals surface area contributed by atoms with E-state index in [0.29, 0.717) is 41.2 Å². The number of amides is 2. The first kappa shape index (κ1) is 21.4. The minimum absolute atomic E-state index is 0.0160. The summed E-state index contributed by atoms with van der Waals surface area (Å²) in [6.45, 7) is 3.34. The average molecular weight is 442 g/mol. The first-order chi connectivity index (χ1) is 14.8. The number of carbonyl (C=O) groups excluding carboxylic acids is 2. The Bertz CT molecular complexity index is 982. The molecule has 2 aliphatic rings. The summed E-state index contributed by atoms with van der Waals surface area (Å²) in [6, 6.07) is 11.8. The third-order valence-corrected chi connectivity index (χ3v) is 6.41. The quantitative estimate of drug-likeness (QED) is 0.696. The predicted molar refractivity (Wildman–Crippen MR) is 123 cm³/mol. The van der Waals surface area contributed by atoms with E-state index in [0.717, 1.165) is 31.7 Å². The zero-order valence-electron chi connectivity index (χ0n) is 17.9. The molecule has 1 aromatic carbocycles. The van der Waals surface area contributed by atoms with E-state index in [-0.39, 0.29) is 11.8 Å². The number of fused-ring (bicyclic) bond motifs is 1. The number of hydrogen-bond donors (Lipinski definition) is 1. The molecule has 2 atom stereocenters. The van der Waals surface area contributed by atoms with Gasteiger partial charge in [-0.15, -0.1) is 0 Å². The molecule has 4 rings (SSSR count). The molecule has 2 N–H and O–H groups in total. The van der Waals surface area contributed by atoms with Crippen molar-refractivity contribution in [3.05, 3.63) is 52.7 Å². The van der Waals surface area contributed by atoms with E-state index < -0.39 is 0 Å². The molecule has 1 aromatic heterocycles. The molecule has 2 amide bonds. The van der Waals surface area contributed by atoms with Crippen molar-refractivity contribution >= 4 is 34.9 Å². The van der Waals surface area contributed by atoms with E-state index in [1.54, 1.807) is 12.1 Å². The third-order valence-electron chi connectivity index (χ3n) is 6.20. The lowest BCUT2D eigenvalue weighted by atomic mass is 10.0. The van der Waals surface area contributed by atoms with Crippen molar-refractivity contribution in [2.24, 2.45) is 17.6 Å². The first-order valence-corrected chi connectivity index (χ1v) is 10.9. The standard InChI is InChI=1S/C23H28ClN5O2/c1-27(2)22-19(7-8-20(24)26-22)23(31)29-13-16-11-28(12-17(16)14-29)18-5-3-4-15(10-18)6-9-21(25)30/h3-5,7-8,10,16-17H,6,9,11-14H2,1-2H3,(H2,25,30). The zero-order chi connectivity index (χ0) is 22.1. The number of nitrogens with two attached hydrogens (primary N) is 1. The van der Waals surface area contributed by atoms with Gasteiger partial charge in [-0.1, -0.05) is 23.7 Å². The molecule has 2 fully saturated rings. The Morgan fingerprint density at radius 2 is 1.84 bits per heavy atom. The van der Waals surface area contributed by atoms with Crippen molar-refractivity contribution in [2.75, 3.05) is 50.1 Å². The molecule has 164 valence electrons. The highest BCUT2D eigenvalue weighted by atomic mass is 35.5. The molecule has 2 unspecified atom stereocenters. The van der Waals surface area contributed by atoms with Crippen LogP contribution in [0.4, 0.5) is 11.5 Å². The molecule has 0 saturated carbocycles. The number of likely N-dealkylation sites (tertiary alicyclic amines) is 1. The summed E-state index contributed by atoms with van der Waals surface area (Å²) in [6.07, 6.45) is 1.02. The monoisotopic (exact) mass is 441 g/mol. The van der Waals surface area contributed by atoms with Gasteiger partial charge < -0.3 is 20.4 Å². The molecular weight excluding hydrogens is 414 g/mol. The number of pyridine rings is 1. The Morgan fingerprint density at radius 1 is 1.13 bits per heavy atom. The molecule has 0 radical (unpaired) electrons. The molecular formula is C23H28ClN5O2. The number of benzene rings is 1. The highest BCUT2D eigenvalue weighted by Crippen LogP contribution is 2.35. The van der Waals surface area contributed by atoms with Gasteiger partial charge in [0.25, 0.3) is 5.91 Å². The lowest BCUT2D eigenvalue weighted by molar-refractivity contribution is -0.117. The summed E-state index contributed by atoms with van der Waals surface area (Å²) in [5, 5.41) is 0.382. The minimum atomic E-state index is -0.279. The summed E-state index contributed by atoms with van der Waals surface area (Å²) in [5.74, 6) is 1.23. The molecule has 2 aliphatic heterocycles. The molecule has 0 aliphatic carbocycles. The van der Waals surface area contributed by atoms with Crippen LogP contribution in [-0.2, 0) is 11.2 Å². The summed E-state index contributed by atoms with van der Waals surface area (Å²) >= 11 is 6.03. The van der Waals surface area contributed by atoms with Crippen LogP contribution in [0.3, 0.4) is 0 Å². The Labute approximate surface area is 187 Å². The maximum atomic E-state index is 13.2. The fourth-order valence-corrected chi connectivity index (χ4v) is 4.79. The summed E-state index contributed by atoms with van der Waals surface area (Å²) in [4.78, 5) is 34.8. The maximum absolute atomic E-state index is 13.2. The van der Waals surface area contributed by atoms with Gasteiger partial charge in [-0.25, -0.2) is 4.98 Å². The van der Waals surface area contributed by atoms with Gasteiger partial charge >= 0.3 is 0 Å². The van der Waals surface area contributed by atoms with Gasteiger partial charge in [0.1, 0.15) is 11.0 Å². The van der Waals surface area contributed by atoms with Crippen LogP contribution in [-0.4, -0.2) is 62.0 Å². The van der Waals surface area contributed by atoms with Gasteiger partial charge in [0.05, 0.1) is 5.56 Å². The highest BCUT2D eigenvalue weighted by molar-refractivity contribution is 6.29. The average Bonchev–Trinajstić information content (AvgIpc) is 3.31. The van der Waals surface area contributed by atoms with Gasteiger partial charge in [0.15, 0.2) is 0 Å². The molecule has 2 aromatic rings. The van der Waals surface area contributed by atoms with Gasteiger partial charge in [0, 0.05) is 64.2 Å². The Balaban J connectivity index is 1.42. The van der Waals surface area contributed by atoms with E-state index in [1.807, 2.05) is 36.0 Å². The molecule has 3 heterocycles. The number of nitrogens with zero attached hydrogens (tertiary/aromatic N) is 4. The summed E-state index contributed by atoms with van der Waals surface area (Å²) < 4.78 is 0. The van der Waals surface area contributed by atoms with Crippen LogP contribution < -0.4 is 15.5 Å². The first-order valence-electron chi connectivity index (χ1n) is 10.6. The fourth-order valence-electron chi connectivity index (χ4n) is 4.65. The van der Waals surface area contributed by atoms with E-state index >= 15 is 0 Å². The number of primary amides is 1. The number of aryl methyl sites for hydroxylation is 1. The molecule has 8 heteroatoms. The van der Waals surface area contributed by atoms with Crippen molar-refractivity contribution in [1.82, 2.24) is 9.88 Å². The minimum Gasteiger partial charge on any atom is -0.371 e. The smallest absolute Gasteiger partial charge is 0.257 e. The van der Waals surface area contributed by atoms with Crippen molar-refractivity contribution in [1.29, 1.82) is 0 Å². The Morgan fingerprint density at radius 3 is 2.48 bits per heavy atom. The van der Waals surface area contributed by atoms with Crippen LogP contribution in [0.25, 0.3) is 0 Å². The van der Waals surface area contributed by atoms with Gasteiger partial charge in [-0.05, 0) is 36.2 Å². The molecule has 0 spiro atoms. The number of carbonyl (C=O) groups is 2. The summed E-state index contributed by atoms with van der Waals surface area (Å²) in [7, 11) is 3.73. The molecule has 0 bridgehead atoms. The van der Waals surface area contributed by atoms with Crippen LogP contribution in [0.5, 0.6) is 0 Å². The van der Waals surface area contributed by atoms with Crippen LogP contribution in [0.2, 0.25) is 5.15 Å². The molecule has 31 heavy (non-hydrogen) atoms. The van der Waals surface area contributed by atoms with Crippen molar-refractivity contribution in [3.8, 4) is 0 Å². The summed E-state index contributed by atoms with van der Waals surface area (Å²) in [5.41, 5.74) is 8.17. The second kappa shape index (κ2) is 8.75. The van der Waals surface area contributed by atoms with Crippen molar-refractivity contribution < 1.29 is 9.59 Å². The van der Waals surface area contributed by atoms with Crippen LogP contribution in [0.15, 0.2) is 36.4 Å². The zero-order valence-corrected chi connectivity index (χ0v) is 18.7. The topological polar surface area (TPSA) is 82.8 Å². The lowest BCUT2D eigenvalue weighted by Gasteiger charge is -2.25. The highest BCUT2D eigenvalue weighted by Gasteiger charge is 2.42. The van der Waals surface area contributed by atoms with Crippen molar-refractivity contribution in [2.45, 2.75) is 12.8 Å². The SMILES string of the molecule is CN(C)c1nc(Cl)ccc1C(=O)N1CC2CN(c3cccc(CCC(N)=O)c3)CC2C1. The largest absolute Gasteiger partial charge is 0.371 e. The third kappa shape index (κ3) is 4.61. The molecule has 2 saturated heterocycles. The number of anilines is 2. The van der Waals surface area contributed by atoms with E-state index in [4.69, 9.17) is 17.3 Å². The number of rotatable bonds is 6. The molecule has 7 nitrogen and oxygen atoms in total. The van der Waals surface area contributed by atoms with Crippen LogP contribution >= 0.6 is 11.6 Å². The van der Waals surface area contributed by atoms with Gasteiger partial charge in [-0.2, -0.15) is 0 Å². The maximum Gasteiger partial charge on any atom is 0.257 e. The second-order valence-corrected chi connectivity index (χ2v) is 9.06. The van der Waals surface area contributed by atoms with Gasteiger partial charge in [0.2, 0.25) is 5.91 Å². The predicted octanol–water partition coefficient (Wildman–Crippen LogP) is 2.43. The fraction of sp³-hybridized carbons (Fsp3) is 0.435. The lowest BCUT2D eigenvalue weighted by Crippen LogP contribution is -2.34. The Hall–Kier alpha value is -2.80. The number of aromatic nitrogens is 1. The van der Waals surface area contributed by atoms with Crippen molar-refractivity contribution in [3.63, 3.8) is 0 Å². The second-order valence-electron chi connectivity index (χ2n) is 8.67. The van der Waals surface area contributed by atoms with Crippen LogP contribution in [0, 0.1) is 11.8 Å². The van der Waals surface area contributed by atoms with E-state index in [9.17, 15) is 9.59 Å². The normalized spacial score (nSPS) is 20.1. The van der Waals surface area contributed by atoms with Crippen LogP contribution in [0.1, 0.15) is 22.3 Å². The van der Waals surface area contributed by atoms with E-state index in [1.165, 1.54) is 5.69 Å². The van der Waals surface area contributed by atoms with Gasteiger partial charge in [-0.3, -0.25) is 9.59 Å². The number of halogens is 1. The van der Waals surface area contributed by atoms with E-state index in [2.05, 4.69) is 22.0 Å².